The van der Waals surface area contributed by atoms with Crippen LogP contribution in [0.2, 0.25) is 0 Å². The van der Waals surface area contributed by atoms with Gasteiger partial charge in [0.05, 0.1) is 6.61 Å². The second-order valence-corrected chi connectivity index (χ2v) is 5.09. The van der Waals surface area contributed by atoms with Crippen molar-refractivity contribution in [3.8, 4) is 0 Å². The van der Waals surface area contributed by atoms with Crippen LogP contribution >= 0.6 is 0 Å². The average molecular weight is 264 g/mol. The van der Waals surface area contributed by atoms with Crippen molar-refractivity contribution in [3.05, 3.63) is 29.8 Å². The first-order chi connectivity index (χ1) is 9.19. The number of hydrogen-bond donors (Lipinski definition) is 1. The summed E-state index contributed by atoms with van der Waals surface area (Å²) in [6, 6.07) is 8.76. The van der Waals surface area contributed by atoms with Gasteiger partial charge in [-0.25, -0.2) is 0 Å². The standard InChI is InChI=1S/C16H28N2O/c1-4-14(2)18(12-13-19-3)11-7-9-15-8-5-6-10-16(15)17/h5-6,8,10,14H,4,7,9,11-13,17H2,1-3H3. The van der Waals surface area contributed by atoms with E-state index in [0.717, 1.165) is 38.2 Å². The fourth-order valence-electron chi connectivity index (χ4n) is 2.25. The van der Waals surface area contributed by atoms with E-state index in [1.807, 2.05) is 12.1 Å². The van der Waals surface area contributed by atoms with Crippen molar-refractivity contribution in [3.63, 3.8) is 0 Å². The Labute approximate surface area is 117 Å². The van der Waals surface area contributed by atoms with Crippen LogP contribution in [0.4, 0.5) is 5.69 Å². The summed E-state index contributed by atoms with van der Waals surface area (Å²) >= 11 is 0. The summed E-state index contributed by atoms with van der Waals surface area (Å²) in [5.74, 6) is 0. The molecule has 1 aromatic rings. The molecule has 3 nitrogen and oxygen atoms in total. The number of ether oxygens (including phenoxy) is 1. The van der Waals surface area contributed by atoms with Gasteiger partial charge in [-0.15, -0.1) is 0 Å². The van der Waals surface area contributed by atoms with Gasteiger partial charge in [0.2, 0.25) is 0 Å². The van der Waals surface area contributed by atoms with E-state index in [1.165, 1.54) is 12.0 Å². The van der Waals surface area contributed by atoms with Crippen LogP contribution in [0.25, 0.3) is 0 Å². The molecule has 0 spiro atoms. The Kier molecular flexibility index (Phi) is 7.53. The molecule has 0 aliphatic heterocycles. The molecule has 0 bridgehead atoms. The van der Waals surface area contributed by atoms with Gasteiger partial charge >= 0.3 is 0 Å². The van der Waals surface area contributed by atoms with Crippen LogP contribution in [-0.4, -0.2) is 37.7 Å². The zero-order chi connectivity index (χ0) is 14.1. The van der Waals surface area contributed by atoms with Gasteiger partial charge in [-0.05, 0) is 44.4 Å². The van der Waals surface area contributed by atoms with Crippen molar-refractivity contribution < 1.29 is 4.74 Å². The quantitative estimate of drug-likeness (QED) is 0.697. The molecular weight excluding hydrogens is 236 g/mol. The summed E-state index contributed by atoms with van der Waals surface area (Å²) in [6.07, 6.45) is 3.37. The number of hydrogen-bond acceptors (Lipinski definition) is 3. The molecule has 3 heteroatoms. The van der Waals surface area contributed by atoms with Crippen LogP contribution in [0.15, 0.2) is 24.3 Å². The summed E-state index contributed by atoms with van der Waals surface area (Å²) in [7, 11) is 1.76. The number of nitrogens with zero attached hydrogens (tertiary/aromatic N) is 1. The van der Waals surface area contributed by atoms with Crippen LogP contribution < -0.4 is 5.73 Å². The minimum atomic E-state index is 0.614. The van der Waals surface area contributed by atoms with E-state index in [4.69, 9.17) is 10.5 Å². The fourth-order valence-corrected chi connectivity index (χ4v) is 2.25. The smallest absolute Gasteiger partial charge is 0.0589 e. The minimum absolute atomic E-state index is 0.614. The predicted molar refractivity (Wildman–Crippen MR) is 82.4 cm³/mol. The molecule has 108 valence electrons. The average Bonchev–Trinajstić information content (AvgIpc) is 2.43. The lowest BCUT2D eigenvalue weighted by molar-refractivity contribution is 0.122. The molecule has 1 aromatic carbocycles. The summed E-state index contributed by atoms with van der Waals surface area (Å²) in [4.78, 5) is 2.50. The van der Waals surface area contributed by atoms with Crippen molar-refractivity contribution in [1.29, 1.82) is 0 Å². The lowest BCUT2D eigenvalue weighted by Crippen LogP contribution is -2.36. The van der Waals surface area contributed by atoms with Gasteiger partial charge in [-0.1, -0.05) is 25.1 Å². The SMILES string of the molecule is CCC(C)N(CCCc1ccccc1N)CCOC. The molecule has 1 unspecified atom stereocenters. The van der Waals surface area contributed by atoms with Crippen LogP contribution in [0.5, 0.6) is 0 Å². The molecule has 1 rings (SSSR count). The third-order valence-corrected chi connectivity index (χ3v) is 3.74. The zero-order valence-corrected chi connectivity index (χ0v) is 12.6. The molecule has 0 amide bonds. The lowest BCUT2D eigenvalue weighted by Gasteiger charge is -2.28. The van der Waals surface area contributed by atoms with E-state index < -0.39 is 0 Å². The van der Waals surface area contributed by atoms with Crippen LogP contribution in [0, 0.1) is 0 Å². The van der Waals surface area contributed by atoms with Crippen LogP contribution in [0.3, 0.4) is 0 Å². The van der Waals surface area contributed by atoms with Crippen LogP contribution in [-0.2, 0) is 11.2 Å². The highest BCUT2D eigenvalue weighted by atomic mass is 16.5. The van der Waals surface area contributed by atoms with Crippen LogP contribution in [0.1, 0.15) is 32.3 Å². The first-order valence-corrected chi connectivity index (χ1v) is 7.25. The second-order valence-electron chi connectivity index (χ2n) is 5.09. The molecule has 0 radical (unpaired) electrons. The molecule has 0 saturated heterocycles. The van der Waals surface area contributed by atoms with E-state index in [9.17, 15) is 0 Å². The highest BCUT2D eigenvalue weighted by Gasteiger charge is 2.11. The van der Waals surface area contributed by atoms with Gasteiger partial charge in [-0.3, -0.25) is 4.90 Å². The summed E-state index contributed by atoms with van der Waals surface area (Å²) in [6.45, 7) is 7.44. The third kappa shape index (κ3) is 5.62. The Morgan fingerprint density at radius 1 is 1.26 bits per heavy atom. The third-order valence-electron chi connectivity index (χ3n) is 3.74. The maximum absolute atomic E-state index is 5.97. The topological polar surface area (TPSA) is 38.5 Å². The Bertz CT molecular complexity index is 354. The maximum Gasteiger partial charge on any atom is 0.0589 e. The number of anilines is 1. The molecule has 0 aromatic heterocycles. The normalized spacial score (nSPS) is 12.8. The van der Waals surface area contributed by atoms with Gasteiger partial charge in [-0.2, -0.15) is 0 Å². The number of para-hydroxylation sites is 1. The summed E-state index contributed by atoms with van der Waals surface area (Å²) in [5.41, 5.74) is 8.14. The van der Waals surface area contributed by atoms with Gasteiger partial charge in [0, 0.05) is 25.4 Å². The Morgan fingerprint density at radius 2 is 2.00 bits per heavy atom. The number of nitrogens with two attached hydrogens (primary N) is 1. The van der Waals surface area contributed by atoms with Crippen molar-refractivity contribution >= 4 is 5.69 Å². The van der Waals surface area contributed by atoms with Crippen molar-refractivity contribution in [2.24, 2.45) is 0 Å². The number of aryl methyl sites for hydroxylation is 1. The predicted octanol–water partition coefficient (Wildman–Crippen LogP) is 2.95. The first-order valence-electron chi connectivity index (χ1n) is 7.25. The van der Waals surface area contributed by atoms with E-state index in [2.05, 4.69) is 30.9 Å². The number of methoxy groups -OCH3 is 1. The monoisotopic (exact) mass is 264 g/mol. The second kappa shape index (κ2) is 8.94. The highest BCUT2D eigenvalue weighted by Crippen LogP contribution is 2.13. The van der Waals surface area contributed by atoms with Crippen molar-refractivity contribution in [1.82, 2.24) is 4.90 Å². The highest BCUT2D eigenvalue weighted by molar-refractivity contribution is 5.46. The van der Waals surface area contributed by atoms with Crippen molar-refractivity contribution in [2.75, 3.05) is 32.5 Å². The van der Waals surface area contributed by atoms with E-state index in [1.54, 1.807) is 7.11 Å². The number of benzene rings is 1. The van der Waals surface area contributed by atoms with Gasteiger partial charge in [0.15, 0.2) is 0 Å². The fraction of sp³-hybridized carbons (Fsp3) is 0.625. The van der Waals surface area contributed by atoms with Gasteiger partial charge in [0.25, 0.3) is 0 Å². The summed E-state index contributed by atoms with van der Waals surface area (Å²) < 4.78 is 5.19. The Morgan fingerprint density at radius 3 is 2.63 bits per heavy atom. The molecule has 0 aliphatic rings. The molecule has 0 saturated carbocycles. The minimum Gasteiger partial charge on any atom is -0.399 e. The van der Waals surface area contributed by atoms with Crippen molar-refractivity contribution in [2.45, 2.75) is 39.2 Å². The molecule has 0 fully saturated rings. The Balaban J connectivity index is 2.41. The molecule has 2 N–H and O–H groups in total. The number of nitrogen functional groups attached to an aromatic ring is 1. The molecule has 0 heterocycles. The summed E-state index contributed by atoms with van der Waals surface area (Å²) in [5, 5.41) is 0. The molecule has 1 atom stereocenters. The van der Waals surface area contributed by atoms with E-state index in [-0.39, 0.29) is 0 Å². The molecule has 19 heavy (non-hydrogen) atoms. The zero-order valence-electron chi connectivity index (χ0n) is 12.6. The Hall–Kier alpha value is -1.06. The molecule has 0 aliphatic carbocycles. The largest absolute Gasteiger partial charge is 0.399 e. The first kappa shape index (κ1) is 16.0. The molecular formula is C16H28N2O. The van der Waals surface area contributed by atoms with Gasteiger partial charge in [0.1, 0.15) is 0 Å². The number of rotatable bonds is 9. The van der Waals surface area contributed by atoms with E-state index >= 15 is 0 Å². The van der Waals surface area contributed by atoms with Gasteiger partial charge < -0.3 is 10.5 Å². The maximum atomic E-state index is 5.97. The van der Waals surface area contributed by atoms with E-state index in [0.29, 0.717) is 6.04 Å². The lowest BCUT2D eigenvalue weighted by atomic mass is 10.1.